The Morgan fingerprint density at radius 2 is 1.43 bits per heavy atom. The second kappa shape index (κ2) is 7.67. The molecule has 2 aromatic rings. The van der Waals surface area contributed by atoms with Crippen LogP contribution in [0.4, 0.5) is 0 Å². The van der Waals surface area contributed by atoms with Gasteiger partial charge >= 0.3 is 0 Å². The summed E-state index contributed by atoms with van der Waals surface area (Å²) < 4.78 is 11.1. The van der Waals surface area contributed by atoms with Crippen molar-refractivity contribution in [1.29, 1.82) is 0 Å². The first-order valence-corrected chi connectivity index (χ1v) is 6.92. The van der Waals surface area contributed by atoms with E-state index in [0.717, 1.165) is 11.1 Å². The molecule has 0 bridgehead atoms. The highest BCUT2D eigenvalue weighted by molar-refractivity contribution is 5.45. The fraction of sp³-hybridized carbons (Fsp3) is 0.294. The Kier molecular flexibility index (Phi) is 5.60. The van der Waals surface area contributed by atoms with Crippen LogP contribution in [0.2, 0.25) is 0 Å². The maximum absolute atomic E-state index is 9.02. The average molecular weight is 288 g/mol. The standard InChI is InChI=1S/C17H20O4/c1-20-16-7-4-14(9-11-19)12-17(16)21-15-5-2-13(3-6-15)8-10-18/h2-7,12,18-19H,8-11H2,1H3. The Morgan fingerprint density at radius 3 is 2.05 bits per heavy atom. The zero-order valence-electron chi connectivity index (χ0n) is 12.1. The van der Waals surface area contributed by atoms with Crippen molar-refractivity contribution >= 4 is 0 Å². The minimum atomic E-state index is 0.0988. The van der Waals surface area contributed by atoms with Crippen LogP contribution in [0.1, 0.15) is 11.1 Å². The minimum Gasteiger partial charge on any atom is -0.493 e. The Hall–Kier alpha value is -2.04. The van der Waals surface area contributed by atoms with Crippen molar-refractivity contribution < 1.29 is 19.7 Å². The molecule has 4 heteroatoms. The number of hydrogen-bond acceptors (Lipinski definition) is 4. The summed E-state index contributed by atoms with van der Waals surface area (Å²) in [6.45, 7) is 0.235. The summed E-state index contributed by atoms with van der Waals surface area (Å²) >= 11 is 0. The first-order valence-electron chi connectivity index (χ1n) is 6.92. The molecule has 0 aromatic heterocycles. The predicted octanol–water partition coefficient (Wildman–Crippen LogP) is 2.56. The van der Waals surface area contributed by atoms with Crippen molar-refractivity contribution in [1.82, 2.24) is 0 Å². The molecule has 21 heavy (non-hydrogen) atoms. The average Bonchev–Trinajstić information content (AvgIpc) is 2.50. The molecule has 112 valence electrons. The molecular weight excluding hydrogens is 268 g/mol. The number of methoxy groups -OCH3 is 1. The van der Waals surface area contributed by atoms with Crippen LogP contribution in [-0.4, -0.2) is 30.5 Å². The lowest BCUT2D eigenvalue weighted by molar-refractivity contribution is 0.299. The number of aliphatic hydroxyl groups is 2. The van der Waals surface area contributed by atoms with Crippen molar-refractivity contribution in [2.24, 2.45) is 0 Å². The number of benzene rings is 2. The van der Waals surface area contributed by atoms with E-state index in [2.05, 4.69) is 0 Å². The van der Waals surface area contributed by atoms with Crippen LogP contribution in [0.5, 0.6) is 17.2 Å². The third kappa shape index (κ3) is 4.21. The van der Waals surface area contributed by atoms with E-state index in [1.54, 1.807) is 7.11 Å². The van der Waals surface area contributed by atoms with Crippen LogP contribution in [0.15, 0.2) is 42.5 Å². The van der Waals surface area contributed by atoms with E-state index >= 15 is 0 Å². The van der Waals surface area contributed by atoms with Crippen LogP contribution in [0, 0.1) is 0 Å². The molecule has 2 N–H and O–H groups in total. The van der Waals surface area contributed by atoms with Crippen molar-refractivity contribution in [3.63, 3.8) is 0 Å². The minimum absolute atomic E-state index is 0.0988. The Morgan fingerprint density at radius 1 is 0.810 bits per heavy atom. The molecule has 0 spiro atoms. The predicted molar refractivity (Wildman–Crippen MR) is 81.1 cm³/mol. The van der Waals surface area contributed by atoms with E-state index in [1.807, 2.05) is 42.5 Å². The summed E-state index contributed by atoms with van der Waals surface area (Å²) in [5.74, 6) is 1.98. The van der Waals surface area contributed by atoms with Gasteiger partial charge in [-0.2, -0.15) is 0 Å². The van der Waals surface area contributed by atoms with Gasteiger partial charge in [-0.05, 0) is 48.2 Å². The Bertz CT molecular complexity index is 564. The Labute approximate surface area is 124 Å². The lowest BCUT2D eigenvalue weighted by Crippen LogP contribution is -1.95. The van der Waals surface area contributed by atoms with Gasteiger partial charge in [0, 0.05) is 13.2 Å². The molecule has 0 aliphatic carbocycles. The fourth-order valence-corrected chi connectivity index (χ4v) is 2.07. The van der Waals surface area contributed by atoms with Crippen LogP contribution in [-0.2, 0) is 12.8 Å². The van der Waals surface area contributed by atoms with Crippen LogP contribution < -0.4 is 9.47 Å². The van der Waals surface area contributed by atoms with E-state index in [0.29, 0.717) is 30.1 Å². The van der Waals surface area contributed by atoms with Gasteiger partial charge in [-0.1, -0.05) is 18.2 Å². The lowest BCUT2D eigenvalue weighted by Gasteiger charge is -2.12. The molecule has 0 amide bonds. The molecule has 0 aliphatic heterocycles. The molecule has 0 unspecified atom stereocenters. The number of hydrogen-bond donors (Lipinski definition) is 2. The highest BCUT2D eigenvalue weighted by Gasteiger charge is 2.07. The molecule has 0 saturated carbocycles. The largest absolute Gasteiger partial charge is 0.493 e. The molecular formula is C17H20O4. The third-order valence-electron chi connectivity index (χ3n) is 3.18. The monoisotopic (exact) mass is 288 g/mol. The van der Waals surface area contributed by atoms with Gasteiger partial charge < -0.3 is 19.7 Å². The molecule has 0 radical (unpaired) electrons. The molecule has 0 saturated heterocycles. The molecule has 4 nitrogen and oxygen atoms in total. The zero-order chi connectivity index (χ0) is 15.1. The van der Waals surface area contributed by atoms with Gasteiger partial charge in [0.15, 0.2) is 11.5 Å². The number of aliphatic hydroxyl groups excluding tert-OH is 2. The van der Waals surface area contributed by atoms with Gasteiger partial charge in [-0.25, -0.2) is 0 Å². The zero-order valence-corrected chi connectivity index (χ0v) is 12.1. The van der Waals surface area contributed by atoms with Crippen molar-refractivity contribution in [2.45, 2.75) is 12.8 Å². The van der Waals surface area contributed by atoms with E-state index in [-0.39, 0.29) is 13.2 Å². The van der Waals surface area contributed by atoms with Crippen LogP contribution >= 0.6 is 0 Å². The second-order valence-corrected chi connectivity index (χ2v) is 4.68. The van der Waals surface area contributed by atoms with Crippen LogP contribution in [0.25, 0.3) is 0 Å². The lowest BCUT2D eigenvalue weighted by atomic mass is 10.1. The first-order chi connectivity index (χ1) is 10.3. The molecule has 0 atom stereocenters. The van der Waals surface area contributed by atoms with E-state index < -0.39 is 0 Å². The summed E-state index contributed by atoms with van der Waals surface area (Å²) in [6.07, 6.45) is 1.21. The SMILES string of the molecule is COc1ccc(CCO)cc1Oc1ccc(CCO)cc1. The molecule has 0 fully saturated rings. The summed E-state index contributed by atoms with van der Waals surface area (Å²) in [5.41, 5.74) is 2.05. The molecule has 0 aliphatic rings. The van der Waals surface area contributed by atoms with Gasteiger partial charge in [0.2, 0.25) is 0 Å². The first kappa shape index (κ1) is 15.4. The summed E-state index contributed by atoms with van der Waals surface area (Å²) in [4.78, 5) is 0. The fourth-order valence-electron chi connectivity index (χ4n) is 2.07. The van der Waals surface area contributed by atoms with E-state index in [4.69, 9.17) is 19.7 Å². The second-order valence-electron chi connectivity index (χ2n) is 4.68. The molecule has 2 rings (SSSR count). The Balaban J connectivity index is 2.18. The third-order valence-corrected chi connectivity index (χ3v) is 3.18. The quantitative estimate of drug-likeness (QED) is 0.822. The smallest absolute Gasteiger partial charge is 0.169 e. The van der Waals surface area contributed by atoms with Gasteiger partial charge in [-0.3, -0.25) is 0 Å². The molecule has 0 heterocycles. The summed E-state index contributed by atoms with van der Waals surface area (Å²) in [7, 11) is 1.60. The van der Waals surface area contributed by atoms with Gasteiger partial charge in [0.25, 0.3) is 0 Å². The van der Waals surface area contributed by atoms with Gasteiger partial charge in [0.1, 0.15) is 5.75 Å². The van der Waals surface area contributed by atoms with Crippen molar-refractivity contribution in [3.8, 4) is 17.2 Å². The van der Waals surface area contributed by atoms with Gasteiger partial charge in [0.05, 0.1) is 7.11 Å². The maximum Gasteiger partial charge on any atom is 0.169 e. The topological polar surface area (TPSA) is 58.9 Å². The maximum atomic E-state index is 9.02. The van der Waals surface area contributed by atoms with Gasteiger partial charge in [-0.15, -0.1) is 0 Å². The molecule has 2 aromatic carbocycles. The highest BCUT2D eigenvalue weighted by Crippen LogP contribution is 2.32. The summed E-state index contributed by atoms with van der Waals surface area (Å²) in [6, 6.07) is 13.2. The summed E-state index contributed by atoms with van der Waals surface area (Å²) in [5, 5.41) is 17.9. The van der Waals surface area contributed by atoms with Crippen LogP contribution in [0.3, 0.4) is 0 Å². The van der Waals surface area contributed by atoms with E-state index in [9.17, 15) is 0 Å². The van der Waals surface area contributed by atoms with Crippen molar-refractivity contribution in [3.05, 3.63) is 53.6 Å². The highest BCUT2D eigenvalue weighted by atomic mass is 16.5. The van der Waals surface area contributed by atoms with E-state index in [1.165, 1.54) is 0 Å². The van der Waals surface area contributed by atoms with Crippen molar-refractivity contribution in [2.75, 3.05) is 20.3 Å². The number of rotatable bonds is 7. The number of ether oxygens (including phenoxy) is 2. The normalized spacial score (nSPS) is 10.4.